The number of nitrogens with two attached hydrogens (primary N) is 2. The van der Waals surface area contributed by atoms with Crippen LogP contribution >= 0.6 is 0 Å². The lowest BCUT2D eigenvalue weighted by atomic mass is 9.98. The molecular weight excluding hydrogens is 247 g/mol. The zero-order valence-corrected chi connectivity index (χ0v) is 10.6. The van der Waals surface area contributed by atoms with Crippen LogP contribution in [0, 0.1) is 0 Å². The van der Waals surface area contributed by atoms with E-state index < -0.39 is 24.2 Å². The van der Waals surface area contributed by atoms with Crippen molar-refractivity contribution in [3.63, 3.8) is 0 Å². The van der Waals surface area contributed by atoms with E-state index in [1.807, 2.05) is 0 Å². The van der Waals surface area contributed by atoms with Gasteiger partial charge in [0.25, 0.3) is 0 Å². The number of halogens is 3. The molecule has 2 atom stereocenters. The first-order valence-electron chi connectivity index (χ1n) is 5.96. The van der Waals surface area contributed by atoms with E-state index in [0.29, 0.717) is 12.8 Å². The Labute approximate surface area is 104 Å². The Morgan fingerprint density at radius 2 is 2.06 bits per heavy atom. The minimum Gasteiger partial charge on any atom is -0.368 e. The van der Waals surface area contributed by atoms with Gasteiger partial charge in [-0.05, 0) is 33.1 Å². The summed E-state index contributed by atoms with van der Waals surface area (Å²) in [7, 11) is 0. The van der Waals surface area contributed by atoms with Gasteiger partial charge < -0.3 is 11.5 Å². The Bertz CT molecular complexity index is 319. The Morgan fingerprint density at radius 3 is 2.39 bits per heavy atom. The van der Waals surface area contributed by atoms with Gasteiger partial charge in [0.1, 0.15) is 0 Å². The monoisotopic (exact) mass is 267 g/mol. The number of carbonyl (C=O) groups is 1. The summed E-state index contributed by atoms with van der Waals surface area (Å²) in [5.74, 6) is -0.638. The number of primary amides is 1. The lowest BCUT2D eigenvalue weighted by Crippen LogP contribution is -2.52. The molecule has 0 aromatic heterocycles. The third-order valence-electron chi connectivity index (χ3n) is 3.51. The Morgan fingerprint density at radius 1 is 1.50 bits per heavy atom. The highest BCUT2D eigenvalue weighted by Gasteiger charge is 2.45. The van der Waals surface area contributed by atoms with Crippen molar-refractivity contribution < 1.29 is 18.0 Å². The van der Waals surface area contributed by atoms with Crippen LogP contribution in [0.4, 0.5) is 13.2 Å². The Kier molecular flexibility index (Phi) is 4.27. The molecule has 2 unspecified atom stereocenters. The zero-order chi connectivity index (χ0) is 14.1. The van der Waals surface area contributed by atoms with E-state index in [1.165, 1.54) is 4.90 Å². The zero-order valence-electron chi connectivity index (χ0n) is 10.6. The third kappa shape index (κ3) is 3.58. The third-order valence-corrected chi connectivity index (χ3v) is 3.51. The first kappa shape index (κ1) is 15.2. The van der Waals surface area contributed by atoms with Crippen LogP contribution in [0.1, 0.15) is 33.1 Å². The number of hydrogen-bond acceptors (Lipinski definition) is 3. The molecular formula is C11H20F3N3O. The van der Waals surface area contributed by atoms with Crippen LogP contribution in [-0.2, 0) is 4.79 Å². The van der Waals surface area contributed by atoms with E-state index in [2.05, 4.69) is 0 Å². The number of amides is 1. The van der Waals surface area contributed by atoms with Gasteiger partial charge in [0.15, 0.2) is 0 Å². The van der Waals surface area contributed by atoms with Gasteiger partial charge in [0.2, 0.25) is 5.91 Å². The van der Waals surface area contributed by atoms with E-state index in [9.17, 15) is 18.0 Å². The average Bonchev–Trinajstić information content (AvgIpc) is 2.57. The van der Waals surface area contributed by atoms with Gasteiger partial charge >= 0.3 is 6.18 Å². The molecule has 0 aromatic rings. The lowest BCUT2D eigenvalue weighted by Gasteiger charge is -2.34. The van der Waals surface area contributed by atoms with Gasteiger partial charge in [-0.3, -0.25) is 9.69 Å². The maximum Gasteiger partial charge on any atom is 0.401 e. The Balaban J connectivity index is 2.76. The van der Waals surface area contributed by atoms with Crippen molar-refractivity contribution >= 4 is 5.91 Å². The van der Waals surface area contributed by atoms with Crippen LogP contribution in [-0.4, -0.2) is 41.2 Å². The second-order valence-electron chi connectivity index (χ2n) is 5.30. The van der Waals surface area contributed by atoms with Gasteiger partial charge in [0, 0.05) is 12.1 Å². The van der Waals surface area contributed by atoms with Crippen LogP contribution in [0.3, 0.4) is 0 Å². The molecule has 0 heterocycles. The van der Waals surface area contributed by atoms with Crippen LogP contribution in [0.5, 0.6) is 0 Å². The minimum atomic E-state index is -4.25. The summed E-state index contributed by atoms with van der Waals surface area (Å²) in [6, 6.07) is -0.601. The number of rotatable bonds is 4. The predicted molar refractivity (Wildman–Crippen MR) is 61.6 cm³/mol. The van der Waals surface area contributed by atoms with E-state index >= 15 is 0 Å². The van der Waals surface area contributed by atoms with Crippen molar-refractivity contribution in [1.82, 2.24) is 4.90 Å². The molecule has 1 aliphatic rings. The van der Waals surface area contributed by atoms with E-state index in [4.69, 9.17) is 11.5 Å². The molecule has 7 heteroatoms. The van der Waals surface area contributed by atoms with Crippen molar-refractivity contribution in [2.45, 2.75) is 56.9 Å². The van der Waals surface area contributed by atoms with Gasteiger partial charge in [-0.1, -0.05) is 0 Å². The molecule has 4 nitrogen and oxygen atoms in total. The van der Waals surface area contributed by atoms with E-state index in [1.54, 1.807) is 13.8 Å². The molecule has 1 saturated carbocycles. The summed E-state index contributed by atoms with van der Waals surface area (Å²) in [5, 5.41) is 0. The number of alkyl halides is 3. The molecule has 0 saturated heterocycles. The maximum atomic E-state index is 12.5. The Hall–Kier alpha value is -0.820. The fourth-order valence-electron chi connectivity index (χ4n) is 2.50. The van der Waals surface area contributed by atoms with Gasteiger partial charge in [-0.2, -0.15) is 13.2 Å². The largest absolute Gasteiger partial charge is 0.401 e. The molecule has 0 aliphatic heterocycles. The normalized spacial score (nSPS) is 29.2. The van der Waals surface area contributed by atoms with E-state index in [0.717, 1.165) is 0 Å². The second kappa shape index (κ2) is 5.05. The summed E-state index contributed by atoms with van der Waals surface area (Å²) < 4.78 is 37.5. The van der Waals surface area contributed by atoms with Crippen LogP contribution in [0.25, 0.3) is 0 Å². The van der Waals surface area contributed by atoms with Gasteiger partial charge in [0.05, 0.1) is 12.1 Å². The predicted octanol–water partition coefficient (Wildman–Crippen LogP) is 0.994. The molecule has 18 heavy (non-hydrogen) atoms. The molecule has 106 valence electrons. The summed E-state index contributed by atoms with van der Waals surface area (Å²) >= 11 is 0. The highest BCUT2D eigenvalue weighted by Crippen LogP contribution is 2.33. The number of nitrogens with zero attached hydrogens (tertiary/aromatic N) is 1. The molecule has 1 fully saturated rings. The fourth-order valence-corrected chi connectivity index (χ4v) is 2.50. The molecule has 0 bridgehead atoms. The lowest BCUT2D eigenvalue weighted by molar-refractivity contribution is -0.155. The number of hydrogen-bond donors (Lipinski definition) is 2. The first-order chi connectivity index (χ1) is 8.05. The highest BCUT2D eigenvalue weighted by molar-refractivity contribution is 5.84. The maximum absolute atomic E-state index is 12.5. The molecule has 1 rings (SSSR count). The second-order valence-corrected chi connectivity index (χ2v) is 5.30. The molecule has 0 aromatic carbocycles. The van der Waals surface area contributed by atoms with Crippen molar-refractivity contribution in [3.8, 4) is 0 Å². The smallest absolute Gasteiger partial charge is 0.368 e. The average molecular weight is 267 g/mol. The first-order valence-corrected chi connectivity index (χ1v) is 5.96. The summed E-state index contributed by atoms with van der Waals surface area (Å²) in [5.41, 5.74) is 9.84. The SMILES string of the molecule is CC(C)N(CC(F)(F)F)C1CCC(N)(C(N)=O)C1. The van der Waals surface area contributed by atoms with Crippen molar-refractivity contribution in [2.24, 2.45) is 11.5 Å². The van der Waals surface area contributed by atoms with Crippen molar-refractivity contribution in [3.05, 3.63) is 0 Å². The quantitative estimate of drug-likeness (QED) is 0.798. The van der Waals surface area contributed by atoms with Gasteiger partial charge in [-0.15, -0.1) is 0 Å². The molecule has 1 amide bonds. The summed E-state index contributed by atoms with van der Waals surface area (Å²) in [6.07, 6.45) is -3.25. The van der Waals surface area contributed by atoms with Crippen molar-refractivity contribution in [2.75, 3.05) is 6.54 Å². The topological polar surface area (TPSA) is 72.3 Å². The highest BCUT2D eigenvalue weighted by atomic mass is 19.4. The molecule has 1 aliphatic carbocycles. The number of carbonyl (C=O) groups excluding carboxylic acids is 1. The van der Waals surface area contributed by atoms with Crippen LogP contribution in [0.15, 0.2) is 0 Å². The fraction of sp³-hybridized carbons (Fsp3) is 0.909. The summed E-state index contributed by atoms with van der Waals surface area (Å²) in [4.78, 5) is 12.5. The van der Waals surface area contributed by atoms with Crippen molar-refractivity contribution in [1.29, 1.82) is 0 Å². The van der Waals surface area contributed by atoms with Crippen LogP contribution in [0.2, 0.25) is 0 Å². The van der Waals surface area contributed by atoms with Gasteiger partial charge in [-0.25, -0.2) is 0 Å². The van der Waals surface area contributed by atoms with Crippen LogP contribution < -0.4 is 11.5 Å². The molecule has 0 spiro atoms. The molecule has 0 radical (unpaired) electrons. The van der Waals surface area contributed by atoms with E-state index in [-0.39, 0.29) is 18.5 Å². The standard InChI is InChI=1S/C11H20F3N3O/c1-7(2)17(6-11(12,13)14)8-3-4-10(16,5-8)9(15)18/h7-8H,3-6,16H2,1-2H3,(H2,15,18). The minimum absolute atomic E-state index is 0.191. The summed E-state index contributed by atoms with van der Waals surface area (Å²) in [6.45, 7) is 2.42. The molecule has 4 N–H and O–H groups in total.